The van der Waals surface area contributed by atoms with Crippen molar-refractivity contribution in [2.45, 2.75) is 38.0 Å². The van der Waals surface area contributed by atoms with Crippen LogP contribution < -0.4 is 5.73 Å². The first-order chi connectivity index (χ1) is 16.5. The molecule has 0 saturated carbocycles. The molecule has 3 aromatic rings. The van der Waals surface area contributed by atoms with Crippen molar-refractivity contribution in [1.29, 1.82) is 0 Å². The van der Waals surface area contributed by atoms with Gasteiger partial charge < -0.3 is 10.6 Å². The minimum atomic E-state index is -4.68. The molecule has 0 unspecified atom stereocenters. The second-order valence-electron chi connectivity index (χ2n) is 8.29. The molecule has 2 aromatic carbocycles. The number of alkyl halides is 3. The van der Waals surface area contributed by atoms with Crippen LogP contribution in [-0.2, 0) is 17.4 Å². The third-order valence-electron chi connectivity index (χ3n) is 6.11. The Hall–Kier alpha value is -3.46. The predicted molar refractivity (Wildman–Crippen MR) is 121 cm³/mol. The molecule has 0 fully saturated rings. The molecule has 1 aliphatic carbocycles. The van der Waals surface area contributed by atoms with Gasteiger partial charge in [0.05, 0.1) is 17.2 Å². The summed E-state index contributed by atoms with van der Waals surface area (Å²) in [6.07, 6.45) is -2.73. The number of hydrogen-bond acceptors (Lipinski definition) is 3. The van der Waals surface area contributed by atoms with Gasteiger partial charge in [-0.3, -0.25) is 14.6 Å². The fourth-order valence-corrected chi connectivity index (χ4v) is 4.76. The van der Waals surface area contributed by atoms with Gasteiger partial charge in [-0.25, -0.2) is 4.39 Å². The van der Waals surface area contributed by atoms with Gasteiger partial charge in [0.25, 0.3) is 5.91 Å². The topological polar surface area (TPSA) is 76.3 Å². The van der Waals surface area contributed by atoms with Crippen LogP contribution in [0.5, 0.6) is 0 Å². The lowest BCUT2D eigenvalue weighted by Crippen LogP contribution is -2.44. The average Bonchev–Trinajstić information content (AvgIpc) is 3.20. The van der Waals surface area contributed by atoms with Gasteiger partial charge in [0.15, 0.2) is 0 Å². The molecule has 4 rings (SSSR count). The van der Waals surface area contributed by atoms with Crippen LogP contribution >= 0.6 is 11.6 Å². The van der Waals surface area contributed by atoms with E-state index in [-0.39, 0.29) is 29.0 Å². The summed E-state index contributed by atoms with van der Waals surface area (Å²) >= 11 is 6.08. The maximum Gasteiger partial charge on any atom is 0.416 e. The molecule has 2 N–H and O–H groups in total. The second-order valence-corrected chi connectivity index (χ2v) is 8.72. The van der Waals surface area contributed by atoms with E-state index in [9.17, 15) is 27.2 Å². The maximum atomic E-state index is 14.6. The summed E-state index contributed by atoms with van der Waals surface area (Å²) in [6, 6.07) is 7.34. The van der Waals surface area contributed by atoms with E-state index in [0.717, 1.165) is 29.2 Å². The molecular formula is C25H20ClF4N3O2. The van der Waals surface area contributed by atoms with E-state index in [4.69, 9.17) is 17.3 Å². The number of pyridine rings is 1. The van der Waals surface area contributed by atoms with Gasteiger partial charge in [-0.1, -0.05) is 23.7 Å². The highest BCUT2D eigenvalue weighted by Crippen LogP contribution is 2.43. The first-order valence-corrected chi connectivity index (χ1v) is 11.1. The van der Waals surface area contributed by atoms with Gasteiger partial charge in [0.2, 0.25) is 5.91 Å². The molecule has 0 saturated heterocycles. The Labute approximate surface area is 203 Å². The molecule has 10 heteroatoms. The van der Waals surface area contributed by atoms with Gasteiger partial charge in [0.1, 0.15) is 11.9 Å². The maximum absolute atomic E-state index is 14.6. The zero-order valence-electron chi connectivity index (χ0n) is 18.4. The normalized spacial score (nSPS) is 16.0. The van der Waals surface area contributed by atoms with Crippen molar-refractivity contribution in [3.05, 3.63) is 99.1 Å². The Morgan fingerprint density at radius 3 is 2.57 bits per heavy atom. The van der Waals surface area contributed by atoms with Gasteiger partial charge in [0, 0.05) is 16.9 Å². The molecule has 1 aromatic heterocycles. The Morgan fingerprint density at radius 1 is 1.17 bits per heavy atom. The number of hydrogen-bond donors (Lipinski definition) is 1. The fraction of sp³-hybridized carbons (Fsp3) is 0.240. The van der Waals surface area contributed by atoms with Crippen LogP contribution in [0.4, 0.5) is 17.6 Å². The molecule has 0 radical (unpaired) electrons. The minimum absolute atomic E-state index is 0.0906. The van der Waals surface area contributed by atoms with Crippen molar-refractivity contribution in [2.75, 3.05) is 0 Å². The van der Waals surface area contributed by atoms with E-state index in [0.29, 0.717) is 16.8 Å². The largest absolute Gasteiger partial charge is 0.416 e. The lowest BCUT2D eigenvalue weighted by Gasteiger charge is -2.36. The molecule has 5 nitrogen and oxygen atoms in total. The zero-order chi connectivity index (χ0) is 25.5. The smallest absolute Gasteiger partial charge is 0.368 e. The Bertz CT molecular complexity index is 1310. The number of fused-ring (bicyclic) bond motifs is 1. The fourth-order valence-electron chi connectivity index (χ4n) is 4.55. The molecule has 35 heavy (non-hydrogen) atoms. The lowest BCUT2D eigenvalue weighted by atomic mass is 9.96. The van der Waals surface area contributed by atoms with Crippen molar-refractivity contribution >= 4 is 23.4 Å². The molecule has 0 aliphatic heterocycles. The number of benzene rings is 2. The number of primary amides is 1. The predicted octanol–water partition coefficient (Wildman–Crippen LogP) is 5.56. The lowest BCUT2D eigenvalue weighted by molar-refractivity contribution is -0.137. The third-order valence-corrected chi connectivity index (χ3v) is 6.32. The van der Waals surface area contributed by atoms with E-state index < -0.39 is 41.5 Å². The third kappa shape index (κ3) is 4.73. The summed E-state index contributed by atoms with van der Waals surface area (Å²) in [5.74, 6) is -2.26. The Morgan fingerprint density at radius 2 is 1.91 bits per heavy atom. The summed E-state index contributed by atoms with van der Waals surface area (Å²) < 4.78 is 54.9. The van der Waals surface area contributed by atoms with Crippen molar-refractivity contribution in [2.24, 2.45) is 5.73 Å². The van der Waals surface area contributed by atoms with Crippen LogP contribution in [0.1, 0.15) is 56.8 Å². The standard InChI is InChI=1S/C25H20ClF4N3O2/c1-13-17(6-3-9-32-13)24(35)33(21-8-7-18-19(21)11-16(26)12-20(18)27)22(23(31)34)14-4-2-5-15(10-14)25(28,29)30/h2-6,9-12,21-22H,7-8H2,1H3,(H2,31,34)/t21-,22-/m1/s1. The number of halogens is 5. The number of aromatic nitrogens is 1. The van der Waals surface area contributed by atoms with Crippen LogP contribution in [0.25, 0.3) is 0 Å². The molecule has 2 amide bonds. The highest BCUT2D eigenvalue weighted by atomic mass is 35.5. The second kappa shape index (κ2) is 9.30. The van der Waals surface area contributed by atoms with Crippen molar-refractivity contribution in [1.82, 2.24) is 9.88 Å². The van der Waals surface area contributed by atoms with Gasteiger partial charge >= 0.3 is 6.18 Å². The number of amides is 2. The van der Waals surface area contributed by atoms with Crippen molar-refractivity contribution in [3.63, 3.8) is 0 Å². The average molecular weight is 506 g/mol. The summed E-state index contributed by atoms with van der Waals surface area (Å²) in [5.41, 5.74) is 5.79. The quantitative estimate of drug-likeness (QED) is 0.461. The van der Waals surface area contributed by atoms with Crippen molar-refractivity contribution in [3.8, 4) is 0 Å². The molecule has 182 valence electrons. The number of aryl methyl sites for hydroxylation is 1. The van der Waals surface area contributed by atoms with Crippen LogP contribution in [0, 0.1) is 12.7 Å². The number of carbonyl (C=O) groups is 2. The van der Waals surface area contributed by atoms with E-state index >= 15 is 0 Å². The molecule has 1 heterocycles. The first-order valence-electron chi connectivity index (χ1n) is 10.7. The molecule has 0 bridgehead atoms. The minimum Gasteiger partial charge on any atom is -0.368 e. The number of rotatable bonds is 5. The number of nitrogens with zero attached hydrogens (tertiary/aromatic N) is 2. The number of carbonyl (C=O) groups excluding carboxylic acids is 2. The molecule has 0 spiro atoms. The van der Waals surface area contributed by atoms with Gasteiger partial charge in [-0.2, -0.15) is 13.2 Å². The summed E-state index contributed by atoms with van der Waals surface area (Å²) in [7, 11) is 0. The van der Waals surface area contributed by atoms with Crippen LogP contribution in [0.2, 0.25) is 5.02 Å². The van der Waals surface area contributed by atoms with Gasteiger partial charge in [-0.05, 0) is 72.9 Å². The van der Waals surface area contributed by atoms with E-state index in [1.807, 2.05) is 0 Å². The number of nitrogens with two attached hydrogens (primary N) is 1. The molecule has 1 aliphatic rings. The summed E-state index contributed by atoms with van der Waals surface area (Å²) in [4.78, 5) is 31.9. The van der Waals surface area contributed by atoms with E-state index in [1.165, 1.54) is 30.5 Å². The monoisotopic (exact) mass is 505 g/mol. The Balaban J connectivity index is 1.92. The van der Waals surface area contributed by atoms with E-state index in [1.54, 1.807) is 6.92 Å². The van der Waals surface area contributed by atoms with Crippen LogP contribution in [-0.4, -0.2) is 21.7 Å². The first kappa shape index (κ1) is 24.7. The highest BCUT2D eigenvalue weighted by Gasteiger charge is 2.41. The van der Waals surface area contributed by atoms with Gasteiger partial charge in [-0.15, -0.1) is 0 Å². The molecular weight excluding hydrogens is 486 g/mol. The summed E-state index contributed by atoms with van der Waals surface area (Å²) in [6.45, 7) is 1.59. The van der Waals surface area contributed by atoms with Crippen molar-refractivity contribution < 1.29 is 27.2 Å². The Kier molecular flexibility index (Phi) is 6.55. The van der Waals surface area contributed by atoms with Crippen LogP contribution in [0.15, 0.2) is 54.7 Å². The highest BCUT2D eigenvalue weighted by molar-refractivity contribution is 6.30. The zero-order valence-corrected chi connectivity index (χ0v) is 19.2. The van der Waals surface area contributed by atoms with Crippen LogP contribution in [0.3, 0.4) is 0 Å². The SMILES string of the molecule is Cc1ncccc1C(=O)N([C@@H]1CCc2c(F)cc(Cl)cc21)[C@@H](C(N)=O)c1cccc(C(F)(F)F)c1. The van der Waals surface area contributed by atoms with E-state index in [2.05, 4.69) is 4.98 Å². The molecule has 2 atom stereocenters. The summed E-state index contributed by atoms with van der Waals surface area (Å²) in [5, 5.41) is 0.0906.